The maximum Gasteiger partial charge on any atom is 0.238 e. The van der Waals surface area contributed by atoms with E-state index >= 15 is 0 Å². The van der Waals surface area contributed by atoms with Crippen molar-refractivity contribution in [3.8, 4) is 0 Å². The average molecular weight is 391 g/mol. The minimum absolute atomic E-state index is 0.129. The summed E-state index contributed by atoms with van der Waals surface area (Å²) in [4.78, 5) is 25.3. The summed E-state index contributed by atoms with van der Waals surface area (Å²) < 4.78 is 0.995. The van der Waals surface area contributed by atoms with Gasteiger partial charge in [-0.3, -0.25) is 9.59 Å². The van der Waals surface area contributed by atoms with E-state index < -0.39 is 5.25 Å². The minimum atomic E-state index is -0.415. The van der Waals surface area contributed by atoms with E-state index in [9.17, 15) is 9.59 Å². The van der Waals surface area contributed by atoms with Crippen LogP contribution < -0.4 is 10.6 Å². The smallest absolute Gasteiger partial charge is 0.238 e. The van der Waals surface area contributed by atoms with E-state index in [-0.39, 0.29) is 18.2 Å². The Kier molecular flexibility index (Phi) is 4.73. The molecule has 0 saturated carbocycles. The molecule has 0 saturated heterocycles. The van der Waals surface area contributed by atoms with Crippen LogP contribution in [0.15, 0.2) is 51.8 Å². The quantitative estimate of drug-likeness (QED) is 0.825. The Hall–Kier alpha value is -1.79. The molecule has 23 heavy (non-hydrogen) atoms. The number of rotatable bonds is 3. The van der Waals surface area contributed by atoms with Gasteiger partial charge in [-0.15, -0.1) is 11.8 Å². The molecule has 3 rings (SSSR count). The maximum absolute atomic E-state index is 12.2. The molecule has 1 aliphatic rings. The number of benzene rings is 2. The van der Waals surface area contributed by atoms with Crippen LogP contribution in [0, 0.1) is 6.92 Å². The summed E-state index contributed by atoms with van der Waals surface area (Å²) in [5.74, 6) is -0.297. The molecule has 0 aromatic heterocycles. The zero-order valence-electron chi connectivity index (χ0n) is 12.4. The van der Waals surface area contributed by atoms with Crippen molar-refractivity contribution in [3.63, 3.8) is 0 Å². The molecule has 0 aliphatic carbocycles. The predicted octanol–water partition coefficient (Wildman–Crippen LogP) is 4.20. The molecule has 1 aliphatic heterocycles. The fourth-order valence-corrected chi connectivity index (χ4v) is 3.69. The highest BCUT2D eigenvalue weighted by Gasteiger charge is 2.28. The van der Waals surface area contributed by atoms with E-state index in [0.717, 1.165) is 26.3 Å². The van der Waals surface area contributed by atoms with Gasteiger partial charge in [-0.25, -0.2) is 0 Å². The Labute approximate surface area is 147 Å². The number of hydrogen-bond donors (Lipinski definition) is 2. The van der Waals surface area contributed by atoms with Crippen molar-refractivity contribution in [3.05, 3.63) is 52.5 Å². The summed E-state index contributed by atoms with van der Waals surface area (Å²) >= 11 is 4.86. The molecule has 0 radical (unpaired) electrons. The van der Waals surface area contributed by atoms with Gasteiger partial charge >= 0.3 is 0 Å². The number of anilines is 2. The molecule has 0 spiro atoms. The number of nitrogens with one attached hydrogen (secondary N) is 2. The van der Waals surface area contributed by atoms with Crippen LogP contribution in [0.5, 0.6) is 0 Å². The minimum Gasteiger partial charge on any atom is -0.326 e. The number of aryl methyl sites for hydroxylation is 1. The van der Waals surface area contributed by atoms with Crippen LogP contribution in [-0.4, -0.2) is 17.1 Å². The van der Waals surface area contributed by atoms with Crippen LogP contribution in [-0.2, 0) is 9.59 Å². The normalized spacial score (nSPS) is 16.4. The number of para-hydroxylation sites is 1. The van der Waals surface area contributed by atoms with E-state index in [1.807, 2.05) is 49.4 Å². The van der Waals surface area contributed by atoms with Gasteiger partial charge in [0.05, 0.1) is 10.9 Å². The molecule has 2 amide bonds. The van der Waals surface area contributed by atoms with E-state index in [1.165, 1.54) is 11.8 Å². The van der Waals surface area contributed by atoms with Gasteiger partial charge in [0.1, 0.15) is 0 Å². The molecular weight excluding hydrogens is 376 g/mol. The number of carbonyl (C=O) groups is 2. The standard InChI is InChI=1S/C17H15BrN2O2S/c1-10-8-11(6-7-12(10)18)19-16(21)9-15-17(22)20-13-4-2-3-5-14(13)23-15/h2-8,15H,9H2,1H3,(H,19,21)(H,20,22)/t15-/m1/s1. The SMILES string of the molecule is Cc1cc(NC(=O)C[C@H]2Sc3ccccc3NC2=O)ccc1Br. The summed E-state index contributed by atoms with van der Waals surface area (Å²) in [5, 5.41) is 5.28. The number of fused-ring (bicyclic) bond motifs is 1. The first-order chi connectivity index (χ1) is 11.0. The molecule has 118 valence electrons. The fraction of sp³-hybridized carbons (Fsp3) is 0.176. The van der Waals surface area contributed by atoms with Crippen LogP contribution in [0.4, 0.5) is 11.4 Å². The topological polar surface area (TPSA) is 58.2 Å². The highest BCUT2D eigenvalue weighted by atomic mass is 79.9. The lowest BCUT2D eigenvalue weighted by Gasteiger charge is -2.23. The molecule has 0 fully saturated rings. The summed E-state index contributed by atoms with van der Waals surface area (Å²) in [7, 11) is 0. The molecule has 1 heterocycles. The van der Waals surface area contributed by atoms with Crippen molar-refractivity contribution in [1.29, 1.82) is 0 Å². The van der Waals surface area contributed by atoms with Gasteiger partial charge < -0.3 is 10.6 Å². The Balaban J connectivity index is 1.66. The number of amides is 2. The fourth-order valence-electron chi connectivity index (χ4n) is 2.33. The molecule has 2 aromatic carbocycles. The third-order valence-electron chi connectivity index (χ3n) is 3.52. The van der Waals surface area contributed by atoms with E-state index in [4.69, 9.17) is 0 Å². The zero-order valence-corrected chi connectivity index (χ0v) is 14.8. The number of halogens is 1. The molecule has 2 aromatic rings. The number of hydrogen-bond acceptors (Lipinski definition) is 3. The average Bonchev–Trinajstić information content (AvgIpc) is 2.51. The number of carbonyl (C=O) groups excluding carboxylic acids is 2. The second-order valence-electron chi connectivity index (χ2n) is 5.31. The van der Waals surface area contributed by atoms with Crippen molar-refractivity contribution in [2.24, 2.45) is 0 Å². The van der Waals surface area contributed by atoms with E-state index in [0.29, 0.717) is 0 Å². The summed E-state index contributed by atoms with van der Waals surface area (Å²) in [6.45, 7) is 1.96. The Bertz CT molecular complexity index is 779. The second kappa shape index (κ2) is 6.76. The van der Waals surface area contributed by atoms with Gasteiger partial charge in [-0.1, -0.05) is 28.1 Å². The van der Waals surface area contributed by atoms with Crippen LogP contribution in [0.25, 0.3) is 0 Å². The van der Waals surface area contributed by atoms with Crippen LogP contribution in [0.1, 0.15) is 12.0 Å². The van der Waals surface area contributed by atoms with Crippen molar-refractivity contribution < 1.29 is 9.59 Å². The molecule has 0 bridgehead atoms. The molecule has 6 heteroatoms. The molecule has 0 unspecified atom stereocenters. The first-order valence-electron chi connectivity index (χ1n) is 7.15. The van der Waals surface area contributed by atoms with Crippen molar-refractivity contribution in [2.75, 3.05) is 10.6 Å². The highest BCUT2D eigenvalue weighted by molar-refractivity contribution is 9.10. The third-order valence-corrected chi connectivity index (χ3v) is 5.68. The highest BCUT2D eigenvalue weighted by Crippen LogP contribution is 2.36. The third kappa shape index (κ3) is 3.76. The molecule has 1 atom stereocenters. The molecule has 4 nitrogen and oxygen atoms in total. The Morgan fingerprint density at radius 3 is 2.87 bits per heavy atom. The van der Waals surface area contributed by atoms with Crippen molar-refractivity contribution in [1.82, 2.24) is 0 Å². The summed E-state index contributed by atoms with van der Waals surface area (Å²) in [5.41, 5.74) is 2.58. The van der Waals surface area contributed by atoms with Gasteiger partial charge in [-0.2, -0.15) is 0 Å². The lowest BCUT2D eigenvalue weighted by Crippen LogP contribution is -2.32. The zero-order chi connectivity index (χ0) is 16.4. The van der Waals surface area contributed by atoms with Crippen LogP contribution in [0.2, 0.25) is 0 Å². The van der Waals surface area contributed by atoms with Crippen molar-refractivity contribution in [2.45, 2.75) is 23.5 Å². The van der Waals surface area contributed by atoms with Crippen LogP contribution >= 0.6 is 27.7 Å². The first-order valence-corrected chi connectivity index (χ1v) is 8.83. The van der Waals surface area contributed by atoms with Gasteiger partial charge in [0.25, 0.3) is 0 Å². The summed E-state index contributed by atoms with van der Waals surface area (Å²) in [6, 6.07) is 13.2. The van der Waals surface area contributed by atoms with Crippen molar-refractivity contribution >= 4 is 50.9 Å². The van der Waals surface area contributed by atoms with Gasteiger partial charge in [-0.05, 0) is 42.8 Å². The van der Waals surface area contributed by atoms with Crippen LogP contribution in [0.3, 0.4) is 0 Å². The molecule has 2 N–H and O–H groups in total. The summed E-state index contributed by atoms with van der Waals surface area (Å²) in [6.07, 6.45) is 0.139. The lowest BCUT2D eigenvalue weighted by atomic mass is 10.2. The van der Waals surface area contributed by atoms with Gasteiger partial charge in [0.15, 0.2) is 0 Å². The van der Waals surface area contributed by atoms with E-state index in [1.54, 1.807) is 0 Å². The van der Waals surface area contributed by atoms with Gasteiger partial charge in [0, 0.05) is 21.5 Å². The lowest BCUT2D eigenvalue weighted by molar-refractivity contribution is -0.120. The van der Waals surface area contributed by atoms with E-state index in [2.05, 4.69) is 26.6 Å². The largest absolute Gasteiger partial charge is 0.326 e. The Morgan fingerprint density at radius 2 is 2.09 bits per heavy atom. The monoisotopic (exact) mass is 390 g/mol. The first kappa shape index (κ1) is 16.1. The maximum atomic E-state index is 12.2. The molecular formula is C17H15BrN2O2S. The second-order valence-corrected chi connectivity index (χ2v) is 7.41. The Morgan fingerprint density at radius 1 is 1.30 bits per heavy atom. The predicted molar refractivity (Wildman–Crippen MR) is 96.8 cm³/mol. The van der Waals surface area contributed by atoms with Gasteiger partial charge in [0.2, 0.25) is 11.8 Å². The number of thioether (sulfide) groups is 1.